The van der Waals surface area contributed by atoms with Crippen LogP contribution < -0.4 is 10.9 Å². The Morgan fingerprint density at radius 3 is 2.26 bits per heavy atom. The molecular formula is C15H13FN2O4S. The van der Waals surface area contributed by atoms with E-state index < -0.39 is 27.5 Å². The van der Waals surface area contributed by atoms with Crippen LogP contribution in [0.5, 0.6) is 0 Å². The van der Waals surface area contributed by atoms with Crippen LogP contribution in [-0.2, 0) is 9.84 Å². The van der Waals surface area contributed by atoms with E-state index in [1.165, 1.54) is 42.5 Å². The van der Waals surface area contributed by atoms with Crippen LogP contribution in [0.25, 0.3) is 0 Å². The summed E-state index contributed by atoms with van der Waals surface area (Å²) in [5.41, 5.74) is 3.99. The summed E-state index contributed by atoms with van der Waals surface area (Å²) in [6, 6.07) is 10.6. The van der Waals surface area contributed by atoms with Crippen LogP contribution in [0.2, 0.25) is 0 Å². The Bertz CT molecular complexity index is 865. The zero-order valence-corrected chi connectivity index (χ0v) is 12.9. The molecule has 23 heavy (non-hydrogen) atoms. The lowest BCUT2D eigenvalue weighted by Crippen LogP contribution is -2.42. The first-order chi connectivity index (χ1) is 10.8. The summed E-state index contributed by atoms with van der Waals surface area (Å²) in [5, 5.41) is 0. The highest BCUT2D eigenvalue weighted by atomic mass is 32.2. The Labute approximate surface area is 132 Å². The molecule has 2 aromatic rings. The summed E-state index contributed by atoms with van der Waals surface area (Å²) < 4.78 is 36.3. The number of hydrazine groups is 1. The number of nitrogens with one attached hydrogen (secondary N) is 2. The van der Waals surface area contributed by atoms with E-state index in [0.717, 1.165) is 12.3 Å². The maximum Gasteiger partial charge on any atom is 0.272 e. The molecule has 0 aromatic heterocycles. The summed E-state index contributed by atoms with van der Waals surface area (Å²) in [6.07, 6.45) is 1.02. The van der Waals surface area contributed by atoms with Gasteiger partial charge in [0.05, 0.1) is 10.5 Å². The van der Waals surface area contributed by atoms with E-state index in [0.29, 0.717) is 0 Å². The highest BCUT2D eigenvalue weighted by Gasteiger charge is 2.14. The molecular weight excluding hydrogens is 323 g/mol. The lowest BCUT2D eigenvalue weighted by atomic mass is 10.2. The largest absolute Gasteiger partial charge is 0.272 e. The fourth-order valence-corrected chi connectivity index (χ4v) is 2.43. The Balaban J connectivity index is 2.09. The quantitative estimate of drug-likeness (QED) is 0.827. The van der Waals surface area contributed by atoms with Crippen LogP contribution in [0.1, 0.15) is 20.7 Å². The van der Waals surface area contributed by atoms with Gasteiger partial charge in [-0.2, -0.15) is 0 Å². The maximum absolute atomic E-state index is 13.4. The summed E-state index contributed by atoms with van der Waals surface area (Å²) in [5.74, 6) is -2.27. The van der Waals surface area contributed by atoms with E-state index >= 15 is 0 Å². The SMILES string of the molecule is CS(=O)(=O)c1cccc(C(=O)NNC(=O)c2ccccc2F)c1. The van der Waals surface area contributed by atoms with Crippen molar-refractivity contribution < 1.29 is 22.4 Å². The molecule has 0 atom stereocenters. The van der Waals surface area contributed by atoms with Crippen molar-refractivity contribution >= 4 is 21.7 Å². The van der Waals surface area contributed by atoms with Crippen LogP contribution in [-0.4, -0.2) is 26.5 Å². The lowest BCUT2D eigenvalue weighted by molar-refractivity contribution is 0.0844. The molecule has 0 bridgehead atoms. The number of sulfone groups is 1. The fourth-order valence-electron chi connectivity index (χ4n) is 1.77. The number of benzene rings is 2. The predicted octanol–water partition coefficient (Wildman–Crippen LogP) is 1.30. The molecule has 0 heterocycles. The number of halogens is 1. The third kappa shape index (κ3) is 4.13. The van der Waals surface area contributed by atoms with E-state index in [1.54, 1.807) is 0 Å². The Kier molecular flexibility index (Phi) is 4.75. The van der Waals surface area contributed by atoms with Gasteiger partial charge in [0.15, 0.2) is 9.84 Å². The van der Waals surface area contributed by atoms with Crippen molar-refractivity contribution in [3.05, 3.63) is 65.5 Å². The first kappa shape index (κ1) is 16.6. The Morgan fingerprint density at radius 2 is 1.61 bits per heavy atom. The molecule has 2 aromatic carbocycles. The number of hydrogen-bond donors (Lipinski definition) is 2. The molecule has 0 saturated heterocycles. The minimum atomic E-state index is -3.46. The molecule has 2 rings (SSSR count). The van der Waals surface area contributed by atoms with Crippen molar-refractivity contribution in [3.8, 4) is 0 Å². The summed E-state index contributed by atoms with van der Waals surface area (Å²) in [4.78, 5) is 23.7. The zero-order chi connectivity index (χ0) is 17.0. The van der Waals surface area contributed by atoms with Gasteiger partial charge < -0.3 is 0 Å². The smallest absolute Gasteiger partial charge is 0.267 e. The number of carbonyl (C=O) groups excluding carboxylic acids is 2. The topological polar surface area (TPSA) is 92.3 Å². The first-order valence-electron chi connectivity index (χ1n) is 6.44. The highest BCUT2D eigenvalue weighted by Crippen LogP contribution is 2.11. The summed E-state index contributed by atoms with van der Waals surface area (Å²) >= 11 is 0. The van der Waals surface area contributed by atoms with Crippen molar-refractivity contribution in [2.45, 2.75) is 4.90 Å². The second kappa shape index (κ2) is 6.57. The molecule has 8 heteroatoms. The van der Waals surface area contributed by atoms with Crippen molar-refractivity contribution in [1.82, 2.24) is 10.9 Å². The van der Waals surface area contributed by atoms with Crippen LogP contribution in [0, 0.1) is 5.82 Å². The third-order valence-electron chi connectivity index (χ3n) is 2.93. The molecule has 2 amide bonds. The molecule has 0 fully saturated rings. The van der Waals surface area contributed by atoms with Gasteiger partial charge in [0.25, 0.3) is 11.8 Å². The minimum Gasteiger partial charge on any atom is -0.267 e. The standard InChI is InChI=1S/C15H13FN2O4S/c1-23(21,22)11-6-4-5-10(9-11)14(19)17-18-15(20)12-7-2-3-8-13(12)16/h2-9H,1H3,(H,17,19)(H,18,20). The normalized spacial score (nSPS) is 10.9. The van der Waals surface area contributed by atoms with Gasteiger partial charge in [-0.1, -0.05) is 18.2 Å². The second-order valence-corrected chi connectivity index (χ2v) is 6.70. The fraction of sp³-hybridized carbons (Fsp3) is 0.0667. The van der Waals surface area contributed by atoms with Crippen molar-refractivity contribution in [2.75, 3.05) is 6.26 Å². The third-order valence-corrected chi connectivity index (χ3v) is 4.04. The molecule has 0 spiro atoms. The highest BCUT2D eigenvalue weighted by molar-refractivity contribution is 7.90. The van der Waals surface area contributed by atoms with Crippen molar-refractivity contribution in [3.63, 3.8) is 0 Å². The van der Waals surface area contributed by atoms with Crippen LogP contribution in [0.15, 0.2) is 53.4 Å². The molecule has 120 valence electrons. The van der Waals surface area contributed by atoms with Gasteiger partial charge in [0, 0.05) is 11.8 Å². The molecule has 6 nitrogen and oxygen atoms in total. The summed E-state index contributed by atoms with van der Waals surface area (Å²) in [7, 11) is -3.46. The van der Waals surface area contributed by atoms with Gasteiger partial charge in [-0.3, -0.25) is 20.4 Å². The van der Waals surface area contributed by atoms with Gasteiger partial charge in [0.1, 0.15) is 5.82 Å². The Morgan fingerprint density at radius 1 is 0.957 bits per heavy atom. The van der Waals surface area contributed by atoms with Crippen LogP contribution in [0.4, 0.5) is 4.39 Å². The van der Waals surface area contributed by atoms with Crippen molar-refractivity contribution in [2.24, 2.45) is 0 Å². The van der Waals surface area contributed by atoms with E-state index in [-0.39, 0.29) is 16.0 Å². The van der Waals surface area contributed by atoms with Gasteiger partial charge in [0.2, 0.25) is 0 Å². The summed E-state index contributed by atoms with van der Waals surface area (Å²) in [6.45, 7) is 0. The number of rotatable bonds is 3. The van der Waals surface area contributed by atoms with E-state index in [4.69, 9.17) is 0 Å². The van der Waals surface area contributed by atoms with Gasteiger partial charge >= 0.3 is 0 Å². The number of hydrogen-bond acceptors (Lipinski definition) is 4. The first-order valence-corrected chi connectivity index (χ1v) is 8.33. The Hall–Kier alpha value is -2.74. The number of amides is 2. The van der Waals surface area contributed by atoms with E-state index in [9.17, 15) is 22.4 Å². The maximum atomic E-state index is 13.4. The minimum absolute atomic E-state index is 0.0226. The van der Waals surface area contributed by atoms with Gasteiger partial charge in [-0.15, -0.1) is 0 Å². The van der Waals surface area contributed by atoms with Crippen LogP contribution in [0.3, 0.4) is 0 Å². The average molecular weight is 336 g/mol. The molecule has 0 saturated carbocycles. The van der Waals surface area contributed by atoms with Gasteiger partial charge in [-0.05, 0) is 30.3 Å². The monoisotopic (exact) mass is 336 g/mol. The predicted molar refractivity (Wildman–Crippen MR) is 80.9 cm³/mol. The van der Waals surface area contributed by atoms with E-state index in [1.807, 2.05) is 0 Å². The molecule has 0 aliphatic heterocycles. The van der Waals surface area contributed by atoms with Crippen molar-refractivity contribution in [1.29, 1.82) is 0 Å². The molecule has 2 N–H and O–H groups in total. The molecule has 0 aliphatic rings. The molecule has 0 unspecified atom stereocenters. The van der Waals surface area contributed by atoms with E-state index in [2.05, 4.69) is 10.9 Å². The number of carbonyl (C=O) groups is 2. The lowest BCUT2D eigenvalue weighted by Gasteiger charge is -2.08. The van der Waals surface area contributed by atoms with Crippen LogP contribution >= 0.6 is 0 Å². The average Bonchev–Trinajstić information content (AvgIpc) is 2.52. The van der Waals surface area contributed by atoms with Gasteiger partial charge in [-0.25, -0.2) is 12.8 Å². The molecule has 0 aliphatic carbocycles. The zero-order valence-electron chi connectivity index (χ0n) is 12.0. The molecule has 0 radical (unpaired) electrons. The second-order valence-electron chi connectivity index (χ2n) is 4.69.